The average Bonchev–Trinajstić information content (AvgIpc) is 3.16. The summed E-state index contributed by atoms with van der Waals surface area (Å²) >= 11 is 1.46. The number of furan rings is 1. The number of piperidine rings is 1. The zero-order chi connectivity index (χ0) is 16.4. The number of primary amides is 1. The summed E-state index contributed by atoms with van der Waals surface area (Å²) in [6, 6.07) is 3.77. The predicted molar refractivity (Wildman–Crippen MR) is 86.8 cm³/mol. The number of hydrogen-bond donors (Lipinski definition) is 1. The zero-order valence-corrected chi connectivity index (χ0v) is 13.8. The van der Waals surface area contributed by atoms with Gasteiger partial charge in [0.1, 0.15) is 5.76 Å². The van der Waals surface area contributed by atoms with Crippen LogP contribution >= 0.6 is 11.3 Å². The lowest BCUT2D eigenvalue weighted by molar-refractivity contribution is -0.134. The second-order valence-corrected chi connectivity index (χ2v) is 6.67. The zero-order valence-electron chi connectivity index (χ0n) is 12.9. The van der Waals surface area contributed by atoms with E-state index in [9.17, 15) is 9.59 Å². The van der Waals surface area contributed by atoms with Crippen LogP contribution in [0.2, 0.25) is 0 Å². The highest BCUT2D eigenvalue weighted by Gasteiger charge is 2.27. The summed E-state index contributed by atoms with van der Waals surface area (Å²) in [4.78, 5) is 29.9. The molecule has 0 spiro atoms. The van der Waals surface area contributed by atoms with Crippen LogP contribution in [0.5, 0.6) is 0 Å². The number of hydrogen-bond acceptors (Lipinski definition) is 5. The molecule has 0 aromatic carbocycles. The second kappa shape index (κ2) is 6.54. The van der Waals surface area contributed by atoms with Gasteiger partial charge in [-0.05, 0) is 31.9 Å². The van der Waals surface area contributed by atoms with Gasteiger partial charge in [-0.3, -0.25) is 9.59 Å². The Morgan fingerprint density at radius 2 is 2.30 bits per heavy atom. The van der Waals surface area contributed by atoms with Gasteiger partial charge in [0, 0.05) is 18.5 Å². The molecule has 2 aromatic heterocycles. The molecule has 1 atom stereocenters. The number of likely N-dealkylation sites (tertiary alicyclic amines) is 1. The Morgan fingerprint density at radius 3 is 3.00 bits per heavy atom. The molecule has 1 fully saturated rings. The van der Waals surface area contributed by atoms with E-state index in [1.807, 2.05) is 24.4 Å². The molecule has 0 unspecified atom stereocenters. The third kappa shape index (κ3) is 3.61. The predicted octanol–water partition coefficient (Wildman–Crippen LogP) is 1.98. The molecule has 0 saturated carbocycles. The van der Waals surface area contributed by atoms with Crippen molar-refractivity contribution < 1.29 is 14.0 Å². The van der Waals surface area contributed by atoms with Gasteiger partial charge >= 0.3 is 0 Å². The van der Waals surface area contributed by atoms with Crippen molar-refractivity contribution in [1.29, 1.82) is 0 Å². The van der Waals surface area contributed by atoms with Gasteiger partial charge in [0.15, 0.2) is 10.8 Å². The summed E-state index contributed by atoms with van der Waals surface area (Å²) in [7, 11) is 0. The first-order chi connectivity index (χ1) is 11.0. The third-order valence-corrected chi connectivity index (χ3v) is 4.92. The summed E-state index contributed by atoms with van der Waals surface area (Å²) < 4.78 is 5.55. The highest BCUT2D eigenvalue weighted by atomic mass is 32.1. The maximum atomic E-state index is 12.4. The topological polar surface area (TPSA) is 89.4 Å². The number of carbonyl (C=O) groups excluding carboxylic acids is 2. The van der Waals surface area contributed by atoms with E-state index in [1.165, 1.54) is 11.3 Å². The number of thiazole rings is 1. The lowest BCUT2D eigenvalue weighted by atomic mass is 9.97. The highest BCUT2D eigenvalue weighted by molar-refractivity contribution is 7.13. The summed E-state index contributed by atoms with van der Waals surface area (Å²) in [5.41, 5.74) is 6.08. The van der Waals surface area contributed by atoms with E-state index in [-0.39, 0.29) is 24.2 Å². The van der Waals surface area contributed by atoms with Crippen LogP contribution in [0.25, 0.3) is 10.8 Å². The van der Waals surface area contributed by atoms with E-state index >= 15 is 0 Å². The van der Waals surface area contributed by atoms with Crippen molar-refractivity contribution in [3.63, 3.8) is 0 Å². The van der Waals surface area contributed by atoms with Crippen molar-refractivity contribution >= 4 is 23.2 Å². The van der Waals surface area contributed by atoms with E-state index in [0.29, 0.717) is 13.1 Å². The molecule has 1 saturated heterocycles. The van der Waals surface area contributed by atoms with Crippen LogP contribution in [0.4, 0.5) is 0 Å². The number of nitrogens with zero attached hydrogens (tertiary/aromatic N) is 2. The van der Waals surface area contributed by atoms with E-state index in [1.54, 1.807) is 4.90 Å². The summed E-state index contributed by atoms with van der Waals surface area (Å²) in [6.45, 7) is 2.98. The lowest BCUT2D eigenvalue weighted by Crippen LogP contribution is -2.44. The Balaban J connectivity index is 1.64. The number of aromatic nitrogens is 1. The van der Waals surface area contributed by atoms with Crippen LogP contribution in [0.3, 0.4) is 0 Å². The summed E-state index contributed by atoms with van der Waals surface area (Å²) in [5.74, 6) is 0.983. The minimum atomic E-state index is -0.327. The van der Waals surface area contributed by atoms with Crippen LogP contribution in [-0.4, -0.2) is 34.8 Å². The van der Waals surface area contributed by atoms with Crippen molar-refractivity contribution in [3.8, 4) is 10.8 Å². The Morgan fingerprint density at radius 1 is 1.48 bits per heavy atom. The summed E-state index contributed by atoms with van der Waals surface area (Å²) in [5, 5.41) is 2.65. The van der Waals surface area contributed by atoms with Gasteiger partial charge < -0.3 is 15.1 Å². The molecule has 0 bridgehead atoms. The van der Waals surface area contributed by atoms with Crippen molar-refractivity contribution in [3.05, 3.63) is 29.0 Å². The molecule has 23 heavy (non-hydrogen) atoms. The SMILES string of the molecule is Cc1ccc(-c2nc(CC(=O)N3CCC[C@H](C(N)=O)C3)cs2)o1. The molecule has 0 aliphatic carbocycles. The van der Waals surface area contributed by atoms with E-state index < -0.39 is 0 Å². The van der Waals surface area contributed by atoms with Crippen molar-refractivity contribution in [2.24, 2.45) is 11.7 Å². The first kappa shape index (κ1) is 15.7. The third-order valence-electron chi connectivity index (χ3n) is 4.01. The fraction of sp³-hybridized carbons (Fsp3) is 0.438. The largest absolute Gasteiger partial charge is 0.459 e. The molecule has 1 aliphatic heterocycles. The maximum Gasteiger partial charge on any atom is 0.228 e. The Hall–Kier alpha value is -2.15. The van der Waals surface area contributed by atoms with Gasteiger partial charge in [-0.25, -0.2) is 4.98 Å². The molecule has 3 heterocycles. The van der Waals surface area contributed by atoms with Gasteiger partial charge in [0.25, 0.3) is 0 Å². The Labute approximate surface area is 138 Å². The first-order valence-electron chi connectivity index (χ1n) is 7.61. The molecule has 2 N–H and O–H groups in total. The number of aryl methyl sites for hydroxylation is 1. The van der Waals surface area contributed by atoms with E-state index in [2.05, 4.69) is 4.98 Å². The molecule has 7 heteroatoms. The van der Waals surface area contributed by atoms with Gasteiger partial charge in [-0.1, -0.05) is 0 Å². The van der Waals surface area contributed by atoms with Crippen molar-refractivity contribution in [2.45, 2.75) is 26.2 Å². The molecule has 3 rings (SSSR count). The monoisotopic (exact) mass is 333 g/mol. The molecule has 6 nitrogen and oxygen atoms in total. The van der Waals surface area contributed by atoms with Crippen LogP contribution in [0.15, 0.2) is 21.9 Å². The lowest BCUT2D eigenvalue weighted by Gasteiger charge is -2.31. The summed E-state index contributed by atoms with van der Waals surface area (Å²) in [6.07, 6.45) is 1.81. The van der Waals surface area contributed by atoms with Crippen molar-refractivity contribution in [1.82, 2.24) is 9.88 Å². The fourth-order valence-corrected chi connectivity index (χ4v) is 3.53. The second-order valence-electron chi connectivity index (χ2n) is 5.81. The molecule has 1 aliphatic rings. The van der Waals surface area contributed by atoms with Crippen LogP contribution in [0, 0.1) is 12.8 Å². The Bertz CT molecular complexity index is 722. The molecule has 2 aromatic rings. The number of amides is 2. The van der Waals surface area contributed by atoms with E-state index in [0.717, 1.165) is 35.1 Å². The van der Waals surface area contributed by atoms with Gasteiger partial charge in [-0.2, -0.15) is 0 Å². The highest BCUT2D eigenvalue weighted by Crippen LogP contribution is 2.26. The standard InChI is InChI=1S/C16H19N3O3S/c1-10-4-5-13(22-10)16-18-12(9-23-16)7-14(20)19-6-2-3-11(8-19)15(17)21/h4-5,9,11H,2-3,6-8H2,1H3,(H2,17,21)/t11-/m0/s1. The van der Waals surface area contributed by atoms with Gasteiger partial charge in [0.2, 0.25) is 11.8 Å². The minimum Gasteiger partial charge on any atom is -0.459 e. The van der Waals surface area contributed by atoms with Crippen LogP contribution in [0.1, 0.15) is 24.3 Å². The quantitative estimate of drug-likeness (QED) is 0.926. The average molecular weight is 333 g/mol. The molecular formula is C16H19N3O3S. The van der Waals surface area contributed by atoms with Crippen LogP contribution in [-0.2, 0) is 16.0 Å². The Kier molecular flexibility index (Phi) is 4.47. The number of carbonyl (C=O) groups is 2. The molecule has 122 valence electrons. The normalized spacial score (nSPS) is 18.1. The molecule has 0 radical (unpaired) electrons. The van der Waals surface area contributed by atoms with Crippen LogP contribution < -0.4 is 5.73 Å². The maximum absolute atomic E-state index is 12.4. The van der Waals surface area contributed by atoms with E-state index in [4.69, 9.17) is 10.2 Å². The molecule has 2 amide bonds. The van der Waals surface area contributed by atoms with Gasteiger partial charge in [-0.15, -0.1) is 11.3 Å². The fourth-order valence-electron chi connectivity index (χ4n) is 2.75. The first-order valence-corrected chi connectivity index (χ1v) is 8.49. The smallest absolute Gasteiger partial charge is 0.228 e. The minimum absolute atomic E-state index is 0.0107. The number of rotatable bonds is 4. The van der Waals surface area contributed by atoms with Crippen molar-refractivity contribution in [2.75, 3.05) is 13.1 Å². The number of nitrogens with two attached hydrogens (primary N) is 1. The molecular weight excluding hydrogens is 314 g/mol. The van der Waals surface area contributed by atoms with Gasteiger partial charge in [0.05, 0.1) is 18.0 Å².